The minimum Gasteiger partial charge on any atom is -0.367 e. The molecule has 5 nitrogen and oxygen atoms in total. The first-order valence-electron chi connectivity index (χ1n) is 10.1. The molecule has 0 aromatic carbocycles. The molecule has 4 aromatic rings. The van der Waals surface area contributed by atoms with E-state index in [-0.39, 0.29) is 0 Å². The van der Waals surface area contributed by atoms with Crippen LogP contribution in [0.1, 0.15) is 32.1 Å². The van der Waals surface area contributed by atoms with Crippen LogP contribution in [0.4, 0.5) is 5.82 Å². The number of anilines is 1. The first kappa shape index (κ1) is 18.1. The molecule has 1 aliphatic carbocycles. The molecule has 0 aliphatic heterocycles. The van der Waals surface area contributed by atoms with Gasteiger partial charge in [0.05, 0.1) is 0 Å². The van der Waals surface area contributed by atoms with Gasteiger partial charge in [-0.15, -0.1) is 0 Å². The van der Waals surface area contributed by atoms with Crippen LogP contribution in [-0.4, -0.2) is 26.0 Å². The topological polar surface area (TPSA) is 66.5 Å². The minimum atomic E-state index is 0.476. The lowest BCUT2D eigenvalue weighted by Gasteiger charge is -2.23. The molecule has 2 N–H and O–H groups in total. The normalized spacial score (nSPS) is 14.9. The van der Waals surface area contributed by atoms with Crippen LogP contribution in [0.5, 0.6) is 0 Å². The van der Waals surface area contributed by atoms with E-state index in [1.165, 1.54) is 32.1 Å². The van der Waals surface area contributed by atoms with Gasteiger partial charge in [-0.25, -0.2) is 9.97 Å². The van der Waals surface area contributed by atoms with Gasteiger partial charge in [0.25, 0.3) is 0 Å². The molecule has 5 rings (SSSR count). The van der Waals surface area contributed by atoms with Crippen LogP contribution in [0.3, 0.4) is 0 Å². The highest BCUT2D eigenvalue weighted by Gasteiger charge is 2.16. The van der Waals surface area contributed by atoms with Crippen molar-refractivity contribution in [1.29, 1.82) is 0 Å². The molecule has 0 bridgehead atoms. The highest BCUT2D eigenvalue weighted by Crippen LogP contribution is 2.33. The van der Waals surface area contributed by atoms with Gasteiger partial charge in [-0.2, -0.15) is 0 Å². The fraction of sp³-hybridized carbons (Fsp3) is 0.261. The van der Waals surface area contributed by atoms with E-state index < -0.39 is 0 Å². The smallest absolute Gasteiger partial charge is 0.137 e. The van der Waals surface area contributed by atoms with Gasteiger partial charge in [0.15, 0.2) is 0 Å². The quantitative estimate of drug-likeness (QED) is 0.405. The Kier molecular flexibility index (Phi) is 4.90. The highest BCUT2D eigenvalue weighted by atomic mass is 35.5. The standard InChI is InChI=1S/C23H22ClN5/c24-21-10-16(11-22(29-21)28-18-6-2-1-3-7-18)20-14-27-23-19(20)9-17(13-26-23)15-5-4-8-25-12-15/h4-5,8-14,18H,1-3,6-7H2,(H,26,27)(H,28,29). The van der Waals surface area contributed by atoms with Crippen molar-refractivity contribution < 1.29 is 0 Å². The summed E-state index contributed by atoms with van der Waals surface area (Å²) < 4.78 is 0. The van der Waals surface area contributed by atoms with Gasteiger partial charge < -0.3 is 10.3 Å². The molecule has 4 heterocycles. The van der Waals surface area contributed by atoms with Crippen molar-refractivity contribution in [3.63, 3.8) is 0 Å². The summed E-state index contributed by atoms with van der Waals surface area (Å²) in [5, 5.41) is 5.12. The zero-order valence-electron chi connectivity index (χ0n) is 16.0. The number of hydrogen-bond donors (Lipinski definition) is 2. The summed E-state index contributed by atoms with van der Waals surface area (Å²) in [7, 11) is 0. The molecule has 146 valence electrons. The van der Waals surface area contributed by atoms with Gasteiger partial charge in [0.2, 0.25) is 0 Å². The summed E-state index contributed by atoms with van der Waals surface area (Å²) in [4.78, 5) is 16.6. The van der Waals surface area contributed by atoms with E-state index in [1.807, 2.05) is 36.8 Å². The fourth-order valence-electron chi connectivity index (χ4n) is 4.12. The zero-order chi connectivity index (χ0) is 19.6. The Morgan fingerprint density at radius 1 is 1.00 bits per heavy atom. The molecule has 0 saturated heterocycles. The lowest BCUT2D eigenvalue weighted by atomic mass is 9.95. The minimum absolute atomic E-state index is 0.476. The van der Waals surface area contributed by atoms with E-state index in [0.29, 0.717) is 11.2 Å². The predicted molar refractivity (Wildman–Crippen MR) is 118 cm³/mol. The molecule has 6 heteroatoms. The number of aromatic nitrogens is 4. The van der Waals surface area contributed by atoms with Crippen molar-refractivity contribution in [3.8, 4) is 22.3 Å². The van der Waals surface area contributed by atoms with Gasteiger partial charge in [0.1, 0.15) is 16.6 Å². The van der Waals surface area contributed by atoms with E-state index in [9.17, 15) is 0 Å². The third-order valence-electron chi connectivity index (χ3n) is 5.59. The molecular formula is C23H22ClN5. The maximum Gasteiger partial charge on any atom is 0.137 e. The first-order valence-corrected chi connectivity index (χ1v) is 10.5. The number of pyridine rings is 3. The number of nitrogens with zero attached hydrogens (tertiary/aromatic N) is 3. The maximum absolute atomic E-state index is 6.38. The summed E-state index contributed by atoms with van der Waals surface area (Å²) in [5.41, 5.74) is 5.02. The van der Waals surface area contributed by atoms with Gasteiger partial charge in [0, 0.05) is 52.9 Å². The fourth-order valence-corrected chi connectivity index (χ4v) is 4.32. The Bertz CT molecular complexity index is 1130. The Balaban J connectivity index is 1.53. The number of hydrogen-bond acceptors (Lipinski definition) is 4. The van der Waals surface area contributed by atoms with Gasteiger partial charge in [-0.1, -0.05) is 36.9 Å². The molecule has 4 aromatic heterocycles. The lowest BCUT2D eigenvalue weighted by molar-refractivity contribution is 0.462. The molecular weight excluding hydrogens is 382 g/mol. The summed E-state index contributed by atoms with van der Waals surface area (Å²) in [6.07, 6.45) is 13.7. The molecule has 0 spiro atoms. The molecule has 1 fully saturated rings. The summed E-state index contributed by atoms with van der Waals surface area (Å²) >= 11 is 6.38. The van der Waals surface area contributed by atoms with Crippen molar-refractivity contribution in [1.82, 2.24) is 19.9 Å². The van der Waals surface area contributed by atoms with Crippen molar-refractivity contribution in [2.75, 3.05) is 5.32 Å². The van der Waals surface area contributed by atoms with Crippen LogP contribution in [-0.2, 0) is 0 Å². The van der Waals surface area contributed by atoms with Gasteiger partial charge >= 0.3 is 0 Å². The number of nitrogens with one attached hydrogen (secondary N) is 2. The number of fused-ring (bicyclic) bond motifs is 1. The van der Waals surface area contributed by atoms with Crippen LogP contribution < -0.4 is 5.32 Å². The Morgan fingerprint density at radius 3 is 2.72 bits per heavy atom. The largest absolute Gasteiger partial charge is 0.367 e. The monoisotopic (exact) mass is 403 g/mol. The summed E-state index contributed by atoms with van der Waals surface area (Å²) in [5.74, 6) is 0.838. The number of aromatic amines is 1. The Morgan fingerprint density at radius 2 is 1.90 bits per heavy atom. The zero-order valence-corrected chi connectivity index (χ0v) is 16.8. The van der Waals surface area contributed by atoms with E-state index in [1.54, 1.807) is 6.20 Å². The molecule has 0 radical (unpaired) electrons. The number of H-pyrrole nitrogens is 1. The van der Waals surface area contributed by atoms with E-state index in [4.69, 9.17) is 11.6 Å². The summed E-state index contributed by atoms with van der Waals surface area (Å²) in [6.45, 7) is 0. The van der Waals surface area contributed by atoms with Gasteiger partial charge in [-0.3, -0.25) is 4.98 Å². The molecule has 29 heavy (non-hydrogen) atoms. The number of halogens is 1. The van der Waals surface area contributed by atoms with Crippen molar-refractivity contribution in [3.05, 3.63) is 60.3 Å². The maximum atomic E-state index is 6.38. The predicted octanol–water partition coefficient (Wildman–Crippen LogP) is 6.08. The van der Waals surface area contributed by atoms with Crippen LogP contribution >= 0.6 is 11.6 Å². The Labute approximate surface area is 174 Å². The van der Waals surface area contributed by atoms with Crippen LogP contribution in [0.15, 0.2) is 55.1 Å². The van der Waals surface area contributed by atoms with Crippen molar-refractivity contribution in [2.45, 2.75) is 38.1 Å². The number of rotatable bonds is 4. The van der Waals surface area contributed by atoms with Crippen LogP contribution in [0.2, 0.25) is 5.15 Å². The summed E-state index contributed by atoms with van der Waals surface area (Å²) in [6, 6.07) is 10.6. The second-order valence-corrected chi connectivity index (χ2v) is 7.99. The van der Waals surface area contributed by atoms with Crippen molar-refractivity contribution >= 4 is 28.5 Å². The molecule has 1 aliphatic rings. The van der Waals surface area contributed by atoms with E-state index in [2.05, 4.69) is 37.4 Å². The average molecular weight is 404 g/mol. The molecule has 0 unspecified atom stereocenters. The highest BCUT2D eigenvalue weighted by molar-refractivity contribution is 6.29. The third kappa shape index (κ3) is 3.83. The van der Waals surface area contributed by atoms with Crippen LogP contribution in [0, 0.1) is 0 Å². The average Bonchev–Trinajstić information content (AvgIpc) is 3.18. The second kappa shape index (κ2) is 7.84. The molecule has 0 amide bonds. The Hall–Kier alpha value is -2.92. The first-order chi connectivity index (χ1) is 14.3. The molecule has 0 atom stereocenters. The van der Waals surface area contributed by atoms with Crippen LogP contribution in [0.25, 0.3) is 33.3 Å². The second-order valence-electron chi connectivity index (χ2n) is 7.61. The van der Waals surface area contributed by atoms with E-state index in [0.717, 1.165) is 39.1 Å². The lowest BCUT2D eigenvalue weighted by Crippen LogP contribution is -2.22. The third-order valence-corrected chi connectivity index (χ3v) is 5.78. The molecule has 1 saturated carbocycles. The van der Waals surface area contributed by atoms with Crippen molar-refractivity contribution in [2.24, 2.45) is 0 Å². The van der Waals surface area contributed by atoms with E-state index >= 15 is 0 Å². The SMILES string of the molecule is Clc1cc(-c2c[nH]c3ncc(-c4cccnc4)cc23)cc(NC2CCCCC2)n1. The van der Waals surface area contributed by atoms with Gasteiger partial charge in [-0.05, 0) is 42.7 Å².